The lowest BCUT2D eigenvalue weighted by Gasteiger charge is -2.27. The van der Waals surface area contributed by atoms with Crippen molar-refractivity contribution in [2.24, 2.45) is 0 Å². The van der Waals surface area contributed by atoms with Gasteiger partial charge in [-0.15, -0.1) is 12.4 Å². The van der Waals surface area contributed by atoms with Gasteiger partial charge in [0.15, 0.2) is 0 Å². The Bertz CT molecular complexity index is 396. The number of benzene rings is 1. The molecule has 0 aliphatic heterocycles. The number of hydrogen-bond acceptors (Lipinski definition) is 3. The van der Waals surface area contributed by atoms with Gasteiger partial charge in [-0.2, -0.15) is 0 Å². The van der Waals surface area contributed by atoms with E-state index in [4.69, 9.17) is 9.47 Å². The van der Waals surface area contributed by atoms with E-state index in [1.807, 2.05) is 26.1 Å². The number of methoxy groups -OCH3 is 1. The van der Waals surface area contributed by atoms with Crippen LogP contribution in [0.15, 0.2) is 12.1 Å². The molecule has 18 heavy (non-hydrogen) atoms. The van der Waals surface area contributed by atoms with E-state index < -0.39 is 0 Å². The molecule has 1 aliphatic carbocycles. The van der Waals surface area contributed by atoms with Crippen LogP contribution in [0.2, 0.25) is 0 Å². The fraction of sp³-hybridized carbons (Fsp3) is 0.571. The topological polar surface area (TPSA) is 30.5 Å². The standard InChI is InChI=1S/C14H21NO2.ClH/c1-4-17-14-8-7-13(16-3)12-9-10(15-2)5-6-11(12)14;/h7-8,10,15H,4-6,9H2,1-3H3;1H. The Balaban J connectivity index is 0.00000162. The first-order valence-corrected chi connectivity index (χ1v) is 6.29. The van der Waals surface area contributed by atoms with Crippen molar-refractivity contribution >= 4 is 12.4 Å². The summed E-state index contributed by atoms with van der Waals surface area (Å²) in [5.74, 6) is 2.02. The molecule has 0 amide bonds. The first-order valence-electron chi connectivity index (χ1n) is 6.29. The Morgan fingerprint density at radius 1 is 1.28 bits per heavy atom. The van der Waals surface area contributed by atoms with Gasteiger partial charge in [-0.3, -0.25) is 0 Å². The number of nitrogens with one attached hydrogen (secondary N) is 1. The molecule has 1 N–H and O–H groups in total. The van der Waals surface area contributed by atoms with Crippen LogP contribution < -0.4 is 14.8 Å². The van der Waals surface area contributed by atoms with Crippen molar-refractivity contribution in [1.29, 1.82) is 0 Å². The van der Waals surface area contributed by atoms with E-state index in [1.165, 1.54) is 11.1 Å². The van der Waals surface area contributed by atoms with Crippen LogP contribution in [-0.2, 0) is 12.8 Å². The summed E-state index contributed by atoms with van der Waals surface area (Å²) in [4.78, 5) is 0. The molecule has 0 fully saturated rings. The minimum Gasteiger partial charge on any atom is -0.496 e. The van der Waals surface area contributed by atoms with E-state index in [2.05, 4.69) is 5.32 Å². The SMILES string of the molecule is CCOc1ccc(OC)c2c1CCC(NC)C2.Cl. The molecule has 0 aromatic heterocycles. The summed E-state index contributed by atoms with van der Waals surface area (Å²) < 4.78 is 11.2. The van der Waals surface area contributed by atoms with Gasteiger partial charge in [-0.05, 0) is 45.4 Å². The van der Waals surface area contributed by atoms with E-state index in [0.29, 0.717) is 12.6 Å². The molecule has 1 atom stereocenters. The third-order valence-electron chi connectivity index (χ3n) is 3.47. The van der Waals surface area contributed by atoms with E-state index in [0.717, 1.165) is 30.8 Å². The van der Waals surface area contributed by atoms with Crippen molar-refractivity contribution in [3.8, 4) is 11.5 Å². The normalized spacial score (nSPS) is 17.6. The maximum Gasteiger partial charge on any atom is 0.123 e. The Morgan fingerprint density at radius 2 is 2.00 bits per heavy atom. The van der Waals surface area contributed by atoms with Crippen LogP contribution in [-0.4, -0.2) is 26.8 Å². The molecule has 2 rings (SSSR count). The number of hydrogen-bond donors (Lipinski definition) is 1. The van der Waals surface area contributed by atoms with Gasteiger partial charge in [-0.1, -0.05) is 0 Å². The number of fused-ring (bicyclic) bond motifs is 1. The number of rotatable bonds is 4. The zero-order valence-corrected chi connectivity index (χ0v) is 12.1. The first kappa shape index (κ1) is 15.1. The van der Waals surface area contributed by atoms with Crippen LogP contribution in [0.1, 0.15) is 24.5 Å². The fourth-order valence-electron chi connectivity index (χ4n) is 2.54. The molecule has 0 spiro atoms. The second-order valence-electron chi connectivity index (χ2n) is 4.38. The van der Waals surface area contributed by atoms with Crippen molar-refractivity contribution in [2.75, 3.05) is 20.8 Å². The van der Waals surface area contributed by atoms with E-state index in [9.17, 15) is 0 Å². The molecule has 102 valence electrons. The summed E-state index contributed by atoms with van der Waals surface area (Å²) in [7, 11) is 3.76. The Labute approximate surface area is 115 Å². The summed E-state index contributed by atoms with van der Waals surface area (Å²) in [6, 6.07) is 4.59. The lowest BCUT2D eigenvalue weighted by atomic mass is 9.87. The van der Waals surface area contributed by atoms with Gasteiger partial charge in [-0.25, -0.2) is 0 Å². The predicted octanol–water partition coefficient (Wildman–Crippen LogP) is 2.59. The van der Waals surface area contributed by atoms with Gasteiger partial charge < -0.3 is 14.8 Å². The van der Waals surface area contributed by atoms with Crippen LogP contribution in [0.3, 0.4) is 0 Å². The minimum atomic E-state index is 0. The van der Waals surface area contributed by atoms with Gasteiger partial charge in [0.05, 0.1) is 13.7 Å². The highest BCUT2D eigenvalue weighted by molar-refractivity contribution is 5.85. The van der Waals surface area contributed by atoms with Crippen LogP contribution in [0.5, 0.6) is 11.5 Å². The van der Waals surface area contributed by atoms with Gasteiger partial charge in [0.1, 0.15) is 11.5 Å². The molecule has 1 unspecified atom stereocenters. The van der Waals surface area contributed by atoms with Crippen molar-refractivity contribution in [3.63, 3.8) is 0 Å². The maximum absolute atomic E-state index is 5.70. The molecule has 1 aliphatic rings. The van der Waals surface area contributed by atoms with Crippen molar-refractivity contribution in [3.05, 3.63) is 23.3 Å². The molecule has 0 bridgehead atoms. The number of likely N-dealkylation sites (N-methyl/N-ethyl adjacent to an activating group) is 1. The summed E-state index contributed by atoms with van der Waals surface area (Å²) in [5.41, 5.74) is 2.64. The zero-order chi connectivity index (χ0) is 12.3. The largest absolute Gasteiger partial charge is 0.496 e. The molecule has 0 saturated heterocycles. The highest BCUT2D eigenvalue weighted by Gasteiger charge is 2.23. The maximum atomic E-state index is 5.70. The smallest absolute Gasteiger partial charge is 0.123 e. The number of ether oxygens (including phenoxy) is 2. The summed E-state index contributed by atoms with van der Waals surface area (Å²) >= 11 is 0. The third-order valence-corrected chi connectivity index (χ3v) is 3.47. The van der Waals surface area contributed by atoms with E-state index >= 15 is 0 Å². The summed E-state index contributed by atoms with van der Waals surface area (Å²) in [6.45, 7) is 2.74. The first-order chi connectivity index (χ1) is 8.30. The summed E-state index contributed by atoms with van der Waals surface area (Å²) in [6.07, 6.45) is 3.25. The molecule has 0 heterocycles. The zero-order valence-electron chi connectivity index (χ0n) is 11.3. The molecule has 1 aromatic rings. The lowest BCUT2D eigenvalue weighted by molar-refractivity contribution is 0.329. The molecule has 1 aromatic carbocycles. The molecule has 0 saturated carbocycles. The quantitative estimate of drug-likeness (QED) is 0.913. The van der Waals surface area contributed by atoms with E-state index in [-0.39, 0.29) is 12.4 Å². The predicted molar refractivity (Wildman–Crippen MR) is 76.3 cm³/mol. The monoisotopic (exact) mass is 271 g/mol. The molecule has 3 nitrogen and oxygen atoms in total. The molecule has 4 heteroatoms. The number of halogens is 1. The highest BCUT2D eigenvalue weighted by atomic mass is 35.5. The fourth-order valence-corrected chi connectivity index (χ4v) is 2.54. The van der Waals surface area contributed by atoms with Crippen molar-refractivity contribution < 1.29 is 9.47 Å². The van der Waals surface area contributed by atoms with Crippen molar-refractivity contribution in [2.45, 2.75) is 32.2 Å². The highest BCUT2D eigenvalue weighted by Crippen LogP contribution is 2.36. The van der Waals surface area contributed by atoms with Gasteiger partial charge in [0.25, 0.3) is 0 Å². The van der Waals surface area contributed by atoms with Crippen LogP contribution in [0.4, 0.5) is 0 Å². The molecular formula is C14H22ClNO2. The summed E-state index contributed by atoms with van der Waals surface area (Å²) in [5, 5.41) is 3.35. The third kappa shape index (κ3) is 2.90. The van der Waals surface area contributed by atoms with E-state index in [1.54, 1.807) is 7.11 Å². The Morgan fingerprint density at radius 3 is 2.61 bits per heavy atom. The Kier molecular flexibility index (Phi) is 5.76. The van der Waals surface area contributed by atoms with Crippen molar-refractivity contribution in [1.82, 2.24) is 5.32 Å². The average molecular weight is 272 g/mol. The molecule has 0 radical (unpaired) electrons. The second-order valence-corrected chi connectivity index (χ2v) is 4.38. The lowest BCUT2D eigenvalue weighted by Crippen LogP contribution is -2.32. The van der Waals surface area contributed by atoms with Crippen LogP contribution in [0, 0.1) is 0 Å². The van der Waals surface area contributed by atoms with Gasteiger partial charge in [0, 0.05) is 17.2 Å². The average Bonchev–Trinajstić information content (AvgIpc) is 2.38. The molecular weight excluding hydrogens is 250 g/mol. The Hall–Kier alpha value is -0.930. The van der Waals surface area contributed by atoms with Crippen LogP contribution in [0.25, 0.3) is 0 Å². The second kappa shape index (κ2) is 6.86. The van der Waals surface area contributed by atoms with Gasteiger partial charge >= 0.3 is 0 Å². The minimum absolute atomic E-state index is 0. The van der Waals surface area contributed by atoms with Gasteiger partial charge in [0.2, 0.25) is 0 Å². The van der Waals surface area contributed by atoms with Crippen LogP contribution >= 0.6 is 12.4 Å².